The average Bonchev–Trinajstić information content (AvgIpc) is 3.29. The van der Waals surface area contributed by atoms with Crippen LogP contribution in [-0.4, -0.2) is 14.4 Å². The van der Waals surface area contributed by atoms with E-state index in [1.807, 2.05) is 12.5 Å². The van der Waals surface area contributed by atoms with Crippen LogP contribution in [0.25, 0.3) is 11.1 Å². The Bertz CT molecular complexity index is 1200. The Labute approximate surface area is 207 Å². The molecule has 3 heteroatoms. The van der Waals surface area contributed by atoms with Gasteiger partial charge in [-0.15, -0.1) is 0 Å². The van der Waals surface area contributed by atoms with Crippen LogP contribution in [0.15, 0.2) is 43.0 Å². The molecular weight excluding hydrogens is 414 g/mol. The molecule has 3 heterocycles. The van der Waals surface area contributed by atoms with Gasteiger partial charge in [-0.25, -0.2) is 4.98 Å². The van der Waals surface area contributed by atoms with Gasteiger partial charge in [0.2, 0.25) is 0 Å². The highest BCUT2D eigenvalue weighted by Gasteiger charge is 2.27. The third kappa shape index (κ3) is 5.62. The number of imidazole rings is 1. The molecule has 4 rings (SSSR count). The normalized spacial score (nSPS) is 14.5. The lowest BCUT2D eigenvalue weighted by Crippen LogP contribution is -2.14. The smallest absolute Gasteiger partial charge is 0.0995 e. The van der Waals surface area contributed by atoms with Crippen LogP contribution in [0.1, 0.15) is 111 Å². The molecule has 0 unspecified atom stereocenters. The monoisotopic (exact) mass is 459 g/mol. The van der Waals surface area contributed by atoms with Gasteiger partial charge in [0.25, 0.3) is 0 Å². The minimum atomic E-state index is 0.0885. The van der Waals surface area contributed by atoms with E-state index in [9.17, 15) is 0 Å². The molecule has 0 fully saturated rings. The Morgan fingerprint density at radius 2 is 1.32 bits per heavy atom. The lowest BCUT2D eigenvalue weighted by Gasteiger charge is -2.24. The summed E-state index contributed by atoms with van der Waals surface area (Å²) >= 11 is 0. The third-order valence-electron chi connectivity index (χ3n) is 6.55. The second kappa shape index (κ2) is 8.66. The van der Waals surface area contributed by atoms with Crippen LogP contribution in [-0.2, 0) is 22.7 Å². The maximum Gasteiger partial charge on any atom is 0.0995 e. The summed E-state index contributed by atoms with van der Waals surface area (Å²) in [6.45, 7) is 26.9. The maximum atomic E-state index is 4.64. The third-order valence-corrected chi connectivity index (χ3v) is 6.55. The summed E-state index contributed by atoms with van der Waals surface area (Å²) in [4.78, 5) is 9.19. The van der Waals surface area contributed by atoms with Crippen LogP contribution in [0.4, 0.5) is 0 Å². The number of hydrogen-bond donors (Lipinski definition) is 0. The molecule has 0 amide bonds. The molecule has 3 aromatic heterocycles. The zero-order valence-corrected chi connectivity index (χ0v) is 23.6. The molecule has 0 spiro atoms. The summed E-state index contributed by atoms with van der Waals surface area (Å²) in [6.07, 6.45) is 9.38. The largest absolute Gasteiger partial charge is 0.306 e. The molecule has 0 atom stereocenters. The maximum absolute atomic E-state index is 4.64. The number of fused-ring (bicyclic) bond motifs is 2. The predicted octanol–water partition coefficient (Wildman–Crippen LogP) is 8.29. The van der Waals surface area contributed by atoms with E-state index in [0.29, 0.717) is 0 Å². The fourth-order valence-electron chi connectivity index (χ4n) is 4.35. The van der Waals surface area contributed by atoms with Crippen LogP contribution >= 0.6 is 0 Å². The van der Waals surface area contributed by atoms with Crippen LogP contribution in [0.5, 0.6) is 0 Å². The Kier molecular flexibility index (Phi) is 6.67. The van der Waals surface area contributed by atoms with Gasteiger partial charge >= 0.3 is 0 Å². The van der Waals surface area contributed by atoms with Crippen molar-refractivity contribution in [3.63, 3.8) is 0 Å². The highest BCUT2D eigenvalue weighted by atomic mass is 15.0. The Morgan fingerprint density at radius 1 is 0.706 bits per heavy atom. The van der Waals surface area contributed by atoms with Gasteiger partial charge in [0.1, 0.15) is 0 Å². The van der Waals surface area contributed by atoms with Crippen molar-refractivity contribution >= 4 is 11.1 Å². The molecule has 0 bridgehead atoms. The molecule has 1 aliphatic rings. The van der Waals surface area contributed by atoms with Gasteiger partial charge in [-0.3, -0.25) is 4.98 Å². The van der Waals surface area contributed by atoms with E-state index in [2.05, 4.69) is 128 Å². The summed E-state index contributed by atoms with van der Waals surface area (Å²) in [5.41, 5.74) is 9.79. The van der Waals surface area contributed by atoms with Crippen molar-refractivity contribution in [1.29, 1.82) is 0 Å². The highest BCUT2D eigenvalue weighted by Crippen LogP contribution is 2.40. The second-order valence-electron chi connectivity index (χ2n) is 13.8. The average molecular weight is 460 g/mol. The molecule has 1 aliphatic carbocycles. The SMILES string of the molecule is CC(C)(C)C1=CCc2ncc(C(C)(C)C)cc21.CC(C)(C)c1ccn2cnc(C(C)(C)C)c2c1. The highest BCUT2D eigenvalue weighted by molar-refractivity contribution is 5.75. The number of aromatic nitrogens is 3. The second-order valence-corrected chi connectivity index (χ2v) is 13.8. The van der Waals surface area contributed by atoms with E-state index in [-0.39, 0.29) is 21.7 Å². The minimum Gasteiger partial charge on any atom is -0.306 e. The van der Waals surface area contributed by atoms with Crippen molar-refractivity contribution in [2.75, 3.05) is 0 Å². The van der Waals surface area contributed by atoms with E-state index < -0.39 is 0 Å². The summed E-state index contributed by atoms with van der Waals surface area (Å²) < 4.78 is 2.11. The molecule has 184 valence electrons. The lowest BCUT2D eigenvalue weighted by molar-refractivity contribution is 0.565. The fraction of sp³-hybridized carbons (Fsp3) is 0.548. The molecule has 0 aliphatic heterocycles. The summed E-state index contributed by atoms with van der Waals surface area (Å²) in [5.74, 6) is 0. The quantitative estimate of drug-likeness (QED) is 0.338. The van der Waals surface area contributed by atoms with Gasteiger partial charge in [-0.2, -0.15) is 0 Å². The molecule has 3 aromatic rings. The zero-order chi connectivity index (χ0) is 25.7. The van der Waals surface area contributed by atoms with Gasteiger partial charge in [-0.05, 0) is 51.1 Å². The molecule has 34 heavy (non-hydrogen) atoms. The first-order chi connectivity index (χ1) is 15.4. The molecule has 3 nitrogen and oxygen atoms in total. The number of allylic oxidation sites excluding steroid dienone is 2. The Morgan fingerprint density at radius 3 is 1.85 bits per heavy atom. The van der Waals surface area contributed by atoms with E-state index in [4.69, 9.17) is 0 Å². The van der Waals surface area contributed by atoms with Crippen LogP contribution in [0.2, 0.25) is 0 Å². The first-order valence-corrected chi connectivity index (χ1v) is 12.6. The van der Waals surface area contributed by atoms with Gasteiger partial charge < -0.3 is 4.40 Å². The molecule has 0 radical (unpaired) electrons. The van der Waals surface area contributed by atoms with Crippen molar-refractivity contribution in [3.8, 4) is 0 Å². The number of nitrogens with zero attached hydrogens (tertiary/aromatic N) is 3. The van der Waals surface area contributed by atoms with Gasteiger partial charge in [0.05, 0.1) is 23.2 Å². The first-order valence-electron chi connectivity index (χ1n) is 12.6. The van der Waals surface area contributed by atoms with E-state index >= 15 is 0 Å². The van der Waals surface area contributed by atoms with Crippen molar-refractivity contribution < 1.29 is 0 Å². The first kappa shape index (κ1) is 26.2. The van der Waals surface area contributed by atoms with Crippen LogP contribution in [0.3, 0.4) is 0 Å². The zero-order valence-electron chi connectivity index (χ0n) is 23.6. The molecule has 0 aromatic carbocycles. The molecular formula is C31H45N3. The van der Waals surface area contributed by atoms with Crippen LogP contribution in [0, 0.1) is 5.41 Å². The van der Waals surface area contributed by atoms with Gasteiger partial charge in [0.15, 0.2) is 0 Å². The fourth-order valence-corrected chi connectivity index (χ4v) is 4.35. The Hall–Kier alpha value is -2.42. The van der Waals surface area contributed by atoms with Gasteiger partial charge in [-0.1, -0.05) is 89.2 Å². The lowest BCUT2D eigenvalue weighted by atomic mass is 9.81. The Balaban J connectivity index is 0.000000191. The van der Waals surface area contributed by atoms with Crippen LogP contribution < -0.4 is 0 Å². The van der Waals surface area contributed by atoms with E-state index in [1.54, 1.807) is 0 Å². The molecule has 0 saturated heterocycles. The summed E-state index contributed by atoms with van der Waals surface area (Å²) in [5, 5.41) is 0. The number of pyridine rings is 2. The summed E-state index contributed by atoms with van der Waals surface area (Å²) in [6, 6.07) is 6.79. The number of rotatable bonds is 0. The molecule has 0 saturated carbocycles. The van der Waals surface area contributed by atoms with Gasteiger partial charge in [0, 0.05) is 29.8 Å². The van der Waals surface area contributed by atoms with Crippen molar-refractivity contribution in [3.05, 3.63) is 71.1 Å². The van der Waals surface area contributed by atoms with Crippen molar-refractivity contribution in [2.45, 2.75) is 106 Å². The minimum absolute atomic E-state index is 0.0885. The number of hydrogen-bond acceptors (Lipinski definition) is 2. The predicted molar refractivity (Wildman–Crippen MR) is 147 cm³/mol. The molecule has 0 N–H and O–H groups in total. The summed E-state index contributed by atoms with van der Waals surface area (Å²) in [7, 11) is 0. The van der Waals surface area contributed by atoms with Crippen molar-refractivity contribution in [2.24, 2.45) is 5.41 Å². The topological polar surface area (TPSA) is 30.2 Å². The van der Waals surface area contributed by atoms with E-state index in [1.165, 1.54) is 39.2 Å². The standard InChI is InChI=1S/C16H23N.C15H22N2/c1-15(2,3)11-9-12-13(16(4,5)6)7-8-14(12)17-10-11;1-14(2,3)11-7-8-17-10-16-13(12(17)9-11)15(4,5)6/h7,9-10H,8H2,1-6H3;7-10H,1-6H3. The van der Waals surface area contributed by atoms with Crippen molar-refractivity contribution in [1.82, 2.24) is 14.4 Å². The van der Waals surface area contributed by atoms with E-state index in [0.717, 1.165) is 6.42 Å².